The van der Waals surface area contributed by atoms with E-state index in [0.29, 0.717) is 0 Å². The molecule has 1 heterocycles. The van der Waals surface area contributed by atoms with Gasteiger partial charge in [0.15, 0.2) is 5.82 Å². The van der Waals surface area contributed by atoms with Crippen molar-refractivity contribution in [1.82, 2.24) is 15.0 Å². The number of sulfone groups is 1. The fraction of sp³-hybridized carbons (Fsp3) is 0.571. The van der Waals surface area contributed by atoms with Gasteiger partial charge in [0, 0.05) is 0 Å². The predicted molar refractivity (Wildman–Crippen MR) is 63.5 cm³/mol. The number of hydrogen-bond acceptors (Lipinski definition) is 6. The Balaban J connectivity index is 3.20. The number of rotatable bonds is 4. The average molecular weight is 263 g/mol. The summed E-state index contributed by atoms with van der Waals surface area (Å²) in [7, 11) is -3.53. The van der Waals surface area contributed by atoms with Crippen LogP contribution in [0.4, 0.5) is 5.82 Å². The molecular weight excluding hydrogens is 250 g/mol. The minimum Gasteiger partial charge on any atom is -0.392 e. The number of nitrogens with zero attached hydrogens (tertiary/aromatic N) is 3. The molecule has 16 heavy (non-hydrogen) atoms. The Bertz CT molecular complexity index is 505. The van der Waals surface area contributed by atoms with Gasteiger partial charge in [0.25, 0.3) is 0 Å². The fourth-order valence-electron chi connectivity index (χ4n) is 0.995. The molecule has 0 fully saturated rings. The quantitative estimate of drug-likeness (QED) is 0.692. The van der Waals surface area contributed by atoms with Gasteiger partial charge in [0.05, 0.1) is 16.8 Å². The summed E-state index contributed by atoms with van der Waals surface area (Å²) in [5.41, 5.74) is 10.9. The maximum Gasteiger partial charge on any atom is 0.221 e. The molecule has 4 N–H and O–H groups in total. The average Bonchev–Trinajstić information content (AvgIpc) is 2.47. The van der Waals surface area contributed by atoms with Crippen LogP contribution in [0, 0.1) is 0 Å². The number of anilines is 1. The van der Waals surface area contributed by atoms with Gasteiger partial charge in [-0.15, -0.1) is 5.10 Å². The molecule has 90 valence electrons. The third kappa shape index (κ3) is 2.30. The minimum atomic E-state index is -3.53. The molecule has 0 bridgehead atoms. The zero-order valence-electron chi connectivity index (χ0n) is 8.91. The van der Waals surface area contributed by atoms with Gasteiger partial charge in [0.2, 0.25) is 14.9 Å². The topological polar surface area (TPSA) is 117 Å². The molecule has 0 aromatic carbocycles. The third-order valence-electron chi connectivity index (χ3n) is 1.94. The first-order chi connectivity index (χ1) is 7.26. The Kier molecular flexibility index (Phi) is 3.48. The van der Waals surface area contributed by atoms with Gasteiger partial charge < -0.3 is 11.5 Å². The predicted octanol–water partition coefficient (Wildman–Crippen LogP) is -0.671. The van der Waals surface area contributed by atoms with Crippen LogP contribution >= 0.6 is 12.2 Å². The van der Waals surface area contributed by atoms with Crippen LogP contribution in [-0.4, -0.2) is 33.7 Å². The Morgan fingerprint density at radius 2 is 2.12 bits per heavy atom. The van der Waals surface area contributed by atoms with Crippen molar-refractivity contribution in [1.29, 1.82) is 0 Å². The van der Waals surface area contributed by atoms with Gasteiger partial charge in [-0.25, -0.2) is 13.1 Å². The Labute approximate surface area is 98.7 Å². The van der Waals surface area contributed by atoms with Crippen molar-refractivity contribution in [3.63, 3.8) is 0 Å². The zero-order chi connectivity index (χ0) is 12.5. The van der Waals surface area contributed by atoms with Gasteiger partial charge in [-0.1, -0.05) is 17.4 Å². The Morgan fingerprint density at radius 3 is 2.56 bits per heavy atom. The van der Waals surface area contributed by atoms with Crippen LogP contribution in [0.5, 0.6) is 0 Å². The molecule has 0 spiro atoms. The summed E-state index contributed by atoms with van der Waals surface area (Å²) in [6.45, 7) is 3.16. The van der Waals surface area contributed by atoms with E-state index in [9.17, 15) is 8.42 Å². The van der Waals surface area contributed by atoms with Gasteiger partial charge in [-0.2, -0.15) is 0 Å². The summed E-state index contributed by atoms with van der Waals surface area (Å²) in [4.78, 5) is 0.157. The molecule has 1 aromatic heterocycles. The smallest absolute Gasteiger partial charge is 0.221 e. The van der Waals surface area contributed by atoms with Crippen molar-refractivity contribution in [2.45, 2.75) is 30.7 Å². The maximum atomic E-state index is 11.8. The second-order valence-electron chi connectivity index (χ2n) is 3.50. The standard InChI is InChI=1S/C7H13N5O2S2/c1-4(2)16(13,14)7-6(9)12(11-10-7)3-5(8)15/h4H,3,9H2,1-2H3,(H2,8,15). The number of thiocarbonyl (C=S) groups is 1. The van der Waals surface area contributed by atoms with Gasteiger partial charge in [-0.05, 0) is 13.8 Å². The van der Waals surface area contributed by atoms with Crippen molar-refractivity contribution >= 4 is 32.9 Å². The highest BCUT2D eigenvalue weighted by Crippen LogP contribution is 2.19. The van der Waals surface area contributed by atoms with Crippen molar-refractivity contribution in [2.24, 2.45) is 5.73 Å². The van der Waals surface area contributed by atoms with Crippen molar-refractivity contribution in [3.8, 4) is 0 Å². The lowest BCUT2D eigenvalue weighted by Crippen LogP contribution is -2.20. The van der Waals surface area contributed by atoms with E-state index in [2.05, 4.69) is 22.5 Å². The van der Waals surface area contributed by atoms with E-state index >= 15 is 0 Å². The molecule has 0 unspecified atom stereocenters. The molecule has 1 rings (SSSR count). The van der Waals surface area contributed by atoms with E-state index in [0.717, 1.165) is 4.68 Å². The summed E-state index contributed by atoms with van der Waals surface area (Å²) in [5.74, 6) is -0.0403. The number of hydrogen-bond donors (Lipinski definition) is 2. The SMILES string of the molecule is CC(C)S(=O)(=O)c1nnn(CC(N)=S)c1N. The highest BCUT2D eigenvalue weighted by molar-refractivity contribution is 7.92. The van der Waals surface area contributed by atoms with E-state index < -0.39 is 15.1 Å². The first kappa shape index (κ1) is 12.8. The van der Waals surface area contributed by atoms with Gasteiger partial charge in [-0.3, -0.25) is 0 Å². The molecule has 9 heteroatoms. The number of aromatic nitrogens is 3. The number of nitrogen functional groups attached to an aromatic ring is 1. The molecule has 0 amide bonds. The van der Waals surface area contributed by atoms with Crippen molar-refractivity contribution in [3.05, 3.63) is 0 Å². The molecule has 0 radical (unpaired) electrons. The van der Waals surface area contributed by atoms with Crippen LogP contribution in [0.15, 0.2) is 5.03 Å². The summed E-state index contributed by atoms with van der Waals surface area (Å²) in [5, 5.41) is 6.32. The fourth-order valence-corrected chi connectivity index (χ4v) is 2.11. The maximum absolute atomic E-state index is 11.8. The van der Waals surface area contributed by atoms with E-state index in [1.807, 2.05) is 0 Å². The lowest BCUT2D eigenvalue weighted by molar-refractivity contribution is 0.583. The number of nitrogens with two attached hydrogens (primary N) is 2. The molecule has 0 aliphatic carbocycles. The third-order valence-corrected chi connectivity index (χ3v) is 4.14. The van der Waals surface area contributed by atoms with Crippen LogP contribution < -0.4 is 11.5 Å². The highest BCUT2D eigenvalue weighted by Gasteiger charge is 2.27. The second-order valence-corrected chi connectivity index (χ2v) is 6.44. The van der Waals surface area contributed by atoms with Crippen LogP contribution in [0.1, 0.15) is 13.8 Å². The highest BCUT2D eigenvalue weighted by atomic mass is 32.2. The molecule has 0 atom stereocenters. The lowest BCUT2D eigenvalue weighted by atomic mass is 10.6. The van der Waals surface area contributed by atoms with Crippen LogP contribution in [-0.2, 0) is 16.4 Å². The zero-order valence-corrected chi connectivity index (χ0v) is 10.5. The van der Waals surface area contributed by atoms with E-state index in [1.54, 1.807) is 13.8 Å². The molecule has 7 nitrogen and oxygen atoms in total. The molecular formula is C7H13N5O2S2. The van der Waals surface area contributed by atoms with E-state index in [1.165, 1.54) is 0 Å². The summed E-state index contributed by atoms with van der Waals surface area (Å²) >= 11 is 4.68. The molecule has 0 saturated heterocycles. The Morgan fingerprint density at radius 1 is 1.56 bits per heavy atom. The molecule has 0 aliphatic heterocycles. The molecule has 0 aliphatic rings. The van der Waals surface area contributed by atoms with Crippen LogP contribution in [0.2, 0.25) is 0 Å². The first-order valence-electron chi connectivity index (χ1n) is 4.48. The normalized spacial score (nSPS) is 11.9. The van der Waals surface area contributed by atoms with Crippen LogP contribution in [0.3, 0.4) is 0 Å². The molecule has 1 aromatic rings. The lowest BCUT2D eigenvalue weighted by Gasteiger charge is -2.05. The van der Waals surface area contributed by atoms with Crippen molar-refractivity contribution < 1.29 is 8.42 Å². The summed E-state index contributed by atoms with van der Waals surface area (Å²) in [6, 6.07) is 0. The molecule has 0 saturated carbocycles. The first-order valence-corrected chi connectivity index (χ1v) is 6.43. The monoisotopic (exact) mass is 263 g/mol. The van der Waals surface area contributed by atoms with Gasteiger partial charge in [0.1, 0.15) is 0 Å². The summed E-state index contributed by atoms with van der Waals surface area (Å²) in [6.07, 6.45) is 0. The Hall–Kier alpha value is -1.22. The van der Waals surface area contributed by atoms with Gasteiger partial charge >= 0.3 is 0 Å². The van der Waals surface area contributed by atoms with E-state index in [-0.39, 0.29) is 22.4 Å². The summed E-state index contributed by atoms with van der Waals surface area (Å²) < 4.78 is 24.7. The van der Waals surface area contributed by atoms with Crippen molar-refractivity contribution in [2.75, 3.05) is 5.73 Å². The minimum absolute atomic E-state index is 0.0403. The van der Waals surface area contributed by atoms with E-state index in [4.69, 9.17) is 11.5 Å². The van der Waals surface area contributed by atoms with Crippen LogP contribution in [0.25, 0.3) is 0 Å². The largest absolute Gasteiger partial charge is 0.392 e. The second kappa shape index (κ2) is 4.34.